The SMILES string of the molecule is CC(=O)c1cc([N+](=O)[O-])c(Oc2cc(C#N)ccc2C)s1. The van der Waals surface area contributed by atoms with Crippen molar-refractivity contribution >= 4 is 22.8 Å². The number of nitriles is 1. The number of hydrogen-bond acceptors (Lipinski definition) is 6. The highest BCUT2D eigenvalue weighted by molar-refractivity contribution is 7.16. The molecule has 1 aromatic heterocycles. The summed E-state index contributed by atoms with van der Waals surface area (Å²) in [6.07, 6.45) is 0. The molecule has 0 spiro atoms. The zero-order valence-electron chi connectivity index (χ0n) is 11.2. The van der Waals surface area contributed by atoms with Crippen LogP contribution in [0.3, 0.4) is 0 Å². The molecule has 106 valence electrons. The molecule has 2 aromatic rings. The highest BCUT2D eigenvalue weighted by Gasteiger charge is 2.23. The molecule has 1 aromatic carbocycles. The number of ether oxygens (including phenoxy) is 1. The summed E-state index contributed by atoms with van der Waals surface area (Å²) in [4.78, 5) is 22.0. The third-order valence-electron chi connectivity index (χ3n) is 2.74. The molecule has 0 atom stereocenters. The molecule has 0 unspecified atom stereocenters. The van der Waals surface area contributed by atoms with Crippen molar-refractivity contribution in [2.45, 2.75) is 13.8 Å². The number of rotatable bonds is 4. The van der Waals surface area contributed by atoms with Crippen LogP contribution in [0.1, 0.15) is 27.7 Å². The van der Waals surface area contributed by atoms with Crippen LogP contribution in [-0.4, -0.2) is 10.7 Å². The third kappa shape index (κ3) is 3.07. The Morgan fingerprint density at radius 2 is 2.14 bits per heavy atom. The number of nitro groups is 1. The third-order valence-corrected chi connectivity index (χ3v) is 3.85. The van der Waals surface area contributed by atoms with E-state index in [1.54, 1.807) is 19.1 Å². The molecule has 2 rings (SSSR count). The number of carbonyl (C=O) groups is 1. The standard InChI is InChI=1S/C14H10N2O4S/c1-8-3-4-10(7-15)5-12(8)20-14-11(16(18)19)6-13(21-14)9(2)17/h3-6H,1-2H3. The van der Waals surface area contributed by atoms with Crippen LogP contribution >= 0.6 is 11.3 Å². The number of Topliss-reactive ketones (excluding diaryl/α,β-unsaturated/α-hetero) is 1. The second kappa shape index (κ2) is 5.73. The molecule has 0 radical (unpaired) electrons. The fraction of sp³-hybridized carbons (Fsp3) is 0.143. The topological polar surface area (TPSA) is 93.2 Å². The molecule has 0 bridgehead atoms. The van der Waals surface area contributed by atoms with E-state index in [0.717, 1.165) is 16.9 Å². The van der Waals surface area contributed by atoms with Crippen LogP contribution in [0.2, 0.25) is 0 Å². The first-order valence-corrected chi connectivity index (χ1v) is 6.71. The van der Waals surface area contributed by atoms with Gasteiger partial charge in [0.2, 0.25) is 0 Å². The highest BCUT2D eigenvalue weighted by atomic mass is 32.1. The van der Waals surface area contributed by atoms with Crippen LogP contribution < -0.4 is 4.74 Å². The van der Waals surface area contributed by atoms with Crippen molar-refractivity contribution in [2.75, 3.05) is 0 Å². The predicted octanol–water partition coefficient (Wildman–Crippen LogP) is 3.83. The summed E-state index contributed by atoms with van der Waals surface area (Å²) in [6, 6.07) is 8.01. The van der Waals surface area contributed by atoms with Gasteiger partial charge < -0.3 is 4.74 Å². The average molecular weight is 302 g/mol. The Hall–Kier alpha value is -2.72. The fourth-order valence-electron chi connectivity index (χ4n) is 1.62. The molecule has 0 N–H and O–H groups in total. The minimum atomic E-state index is -0.595. The molecule has 0 aliphatic carbocycles. The minimum absolute atomic E-state index is 0.0309. The van der Waals surface area contributed by atoms with Crippen molar-refractivity contribution in [1.29, 1.82) is 5.26 Å². The summed E-state index contributed by atoms with van der Waals surface area (Å²) in [5.41, 5.74) is 0.870. The van der Waals surface area contributed by atoms with E-state index in [2.05, 4.69) is 0 Å². The molecule has 0 fully saturated rings. The van der Waals surface area contributed by atoms with E-state index < -0.39 is 4.92 Å². The zero-order valence-corrected chi connectivity index (χ0v) is 12.1. The molecule has 0 aliphatic heterocycles. The first kappa shape index (κ1) is 14.7. The van der Waals surface area contributed by atoms with Crippen molar-refractivity contribution in [3.8, 4) is 16.9 Å². The van der Waals surface area contributed by atoms with Gasteiger partial charge in [-0.1, -0.05) is 17.4 Å². The summed E-state index contributed by atoms with van der Waals surface area (Å²) in [5, 5.41) is 19.9. The van der Waals surface area contributed by atoms with Crippen molar-refractivity contribution in [2.24, 2.45) is 0 Å². The van der Waals surface area contributed by atoms with Gasteiger partial charge in [0.1, 0.15) is 5.75 Å². The molecular formula is C14H10N2O4S. The molecule has 21 heavy (non-hydrogen) atoms. The van der Waals surface area contributed by atoms with Crippen molar-refractivity contribution in [3.05, 3.63) is 50.4 Å². The molecule has 0 saturated carbocycles. The molecule has 6 nitrogen and oxygen atoms in total. The van der Waals surface area contributed by atoms with Crippen LogP contribution in [0.25, 0.3) is 0 Å². The molecule has 1 heterocycles. The van der Waals surface area contributed by atoms with Gasteiger partial charge in [-0.3, -0.25) is 14.9 Å². The maximum Gasteiger partial charge on any atom is 0.323 e. The highest BCUT2D eigenvalue weighted by Crippen LogP contribution is 2.40. The van der Waals surface area contributed by atoms with E-state index in [0.29, 0.717) is 11.3 Å². The Morgan fingerprint density at radius 1 is 1.43 bits per heavy atom. The number of hydrogen-bond donors (Lipinski definition) is 0. The monoisotopic (exact) mass is 302 g/mol. The van der Waals surface area contributed by atoms with Crippen LogP contribution in [0.4, 0.5) is 5.69 Å². The van der Waals surface area contributed by atoms with E-state index >= 15 is 0 Å². The van der Waals surface area contributed by atoms with Crippen LogP contribution in [0.15, 0.2) is 24.3 Å². The average Bonchev–Trinajstić information content (AvgIpc) is 2.85. The van der Waals surface area contributed by atoms with E-state index in [9.17, 15) is 14.9 Å². The van der Waals surface area contributed by atoms with Crippen molar-refractivity contribution in [3.63, 3.8) is 0 Å². The van der Waals surface area contributed by atoms with Gasteiger partial charge in [0, 0.05) is 6.07 Å². The Labute approximate surface area is 124 Å². The second-order valence-electron chi connectivity index (χ2n) is 4.29. The van der Waals surface area contributed by atoms with E-state index in [-0.39, 0.29) is 21.4 Å². The Bertz CT molecular complexity index is 774. The second-order valence-corrected chi connectivity index (χ2v) is 5.31. The van der Waals surface area contributed by atoms with Gasteiger partial charge in [0.05, 0.1) is 21.4 Å². The van der Waals surface area contributed by atoms with Gasteiger partial charge in [-0.2, -0.15) is 5.26 Å². The van der Waals surface area contributed by atoms with Crippen LogP contribution in [0.5, 0.6) is 10.8 Å². The number of aryl methyl sites for hydroxylation is 1. The largest absolute Gasteiger partial charge is 0.440 e. The van der Waals surface area contributed by atoms with E-state index in [4.69, 9.17) is 10.00 Å². The van der Waals surface area contributed by atoms with Crippen LogP contribution in [0, 0.1) is 28.4 Å². The first-order chi connectivity index (χ1) is 9.92. The van der Waals surface area contributed by atoms with E-state index in [1.807, 2.05) is 6.07 Å². The minimum Gasteiger partial charge on any atom is -0.440 e. The maximum atomic E-state index is 11.3. The lowest BCUT2D eigenvalue weighted by Crippen LogP contribution is -1.91. The molecule has 7 heteroatoms. The summed E-state index contributed by atoms with van der Waals surface area (Å²) in [6.45, 7) is 3.10. The number of ketones is 1. The fourth-order valence-corrected chi connectivity index (χ4v) is 2.50. The van der Waals surface area contributed by atoms with Crippen LogP contribution in [-0.2, 0) is 0 Å². The summed E-state index contributed by atoms with van der Waals surface area (Å²) in [7, 11) is 0. The normalized spacial score (nSPS) is 9.95. The van der Waals surface area contributed by atoms with Gasteiger partial charge in [-0.05, 0) is 31.5 Å². The van der Waals surface area contributed by atoms with Gasteiger partial charge in [0.25, 0.3) is 5.06 Å². The van der Waals surface area contributed by atoms with E-state index in [1.165, 1.54) is 19.1 Å². The maximum absolute atomic E-state index is 11.3. The molecule has 0 aliphatic rings. The van der Waals surface area contributed by atoms with Gasteiger partial charge in [0.15, 0.2) is 5.78 Å². The smallest absolute Gasteiger partial charge is 0.323 e. The number of nitrogens with zero attached hydrogens (tertiary/aromatic N) is 2. The number of benzene rings is 1. The lowest BCUT2D eigenvalue weighted by molar-refractivity contribution is -0.385. The molecule has 0 saturated heterocycles. The summed E-state index contributed by atoms with van der Waals surface area (Å²) >= 11 is 0.917. The summed E-state index contributed by atoms with van der Waals surface area (Å²) < 4.78 is 5.55. The van der Waals surface area contributed by atoms with Crippen molar-refractivity contribution < 1.29 is 14.5 Å². The first-order valence-electron chi connectivity index (χ1n) is 5.90. The lowest BCUT2D eigenvalue weighted by Gasteiger charge is -2.06. The summed E-state index contributed by atoms with van der Waals surface area (Å²) in [5.74, 6) is 0.0922. The Morgan fingerprint density at radius 3 is 2.71 bits per heavy atom. The van der Waals surface area contributed by atoms with Gasteiger partial charge in [-0.25, -0.2) is 0 Å². The van der Waals surface area contributed by atoms with Crippen molar-refractivity contribution in [1.82, 2.24) is 0 Å². The predicted molar refractivity (Wildman–Crippen MR) is 76.9 cm³/mol. The molecule has 0 amide bonds. The number of thiophene rings is 1. The molecular weight excluding hydrogens is 292 g/mol. The number of carbonyl (C=O) groups excluding carboxylic acids is 1. The zero-order chi connectivity index (χ0) is 15.6. The lowest BCUT2D eigenvalue weighted by atomic mass is 10.1. The Kier molecular flexibility index (Phi) is 4.00. The van der Waals surface area contributed by atoms with Gasteiger partial charge in [-0.15, -0.1) is 0 Å². The Balaban J connectivity index is 2.46. The van der Waals surface area contributed by atoms with Gasteiger partial charge >= 0.3 is 5.69 Å². The quantitative estimate of drug-likeness (QED) is 0.486.